The van der Waals surface area contributed by atoms with Crippen molar-refractivity contribution in [3.8, 4) is 5.75 Å². The van der Waals surface area contributed by atoms with E-state index >= 15 is 0 Å². The van der Waals surface area contributed by atoms with E-state index in [-0.39, 0.29) is 0 Å². The van der Waals surface area contributed by atoms with E-state index < -0.39 is 23.8 Å². The fourth-order valence-corrected chi connectivity index (χ4v) is 2.23. The molecule has 0 spiro atoms. The van der Waals surface area contributed by atoms with Crippen LogP contribution in [0.5, 0.6) is 5.75 Å². The second kappa shape index (κ2) is 7.92. The third-order valence-corrected chi connectivity index (χ3v) is 3.48. The first-order chi connectivity index (χ1) is 11.8. The van der Waals surface area contributed by atoms with Crippen LogP contribution in [0.1, 0.15) is 31.0 Å². The summed E-state index contributed by atoms with van der Waals surface area (Å²) in [5.41, 5.74) is 0.180. The van der Waals surface area contributed by atoms with E-state index in [9.17, 15) is 18.0 Å². The molecule has 0 aliphatic rings. The Morgan fingerprint density at radius 1 is 1.16 bits per heavy atom. The lowest BCUT2D eigenvalue weighted by molar-refractivity contribution is -0.137. The van der Waals surface area contributed by atoms with Gasteiger partial charge in [0.25, 0.3) is 0 Å². The molecule has 0 aliphatic heterocycles. The van der Waals surface area contributed by atoms with Crippen molar-refractivity contribution in [1.82, 2.24) is 5.32 Å². The van der Waals surface area contributed by atoms with Gasteiger partial charge < -0.3 is 15.4 Å². The molecule has 0 radical (unpaired) electrons. The van der Waals surface area contributed by atoms with Gasteiger partial charge in [0.15, 0.2) is 0 Å². The number of nitrogens with one attached hydrogen (secondary N) is 2. The maximum Gasteiger partial charge on any atom is 0.416 e. The summed E-state index contributed by atoms with van der Waals surface area (Å²) >= 11 is 0. The number of benzene rings is 2. The molecule has 2 aromatic rings. The van der Waals surface area contributed by atoms with E-state index in [1.54, 1.807) is 31.2 Å². The highest BCUT2D eigenvalue weighted by molar-refractivity contribution is 5.89. The fraction of sp³-hybridized carbons (Fsp3) is 0.278. The second-order valence-corrected chi connectivity index (χ2v) is 5.40. The van der Waals surface area contributed by atoms with E-state index in [2.05, 4.69) is 10.6 Å². The van der Waals surface area contributed by atoms with Crippen LogP contribution in [-0.2, 0) is 6.18 Å². The Morgan fingerprint density at radius 3 is 2.44 bits per heavy atom. The third kappa shape index (κ3) is 5.41. The number of alkyl halides is 3. The normalized spacial score (nSPS) is 12.4. The SMILES string of the molecule is CCOc1ccc(NC(=O)NC(C)c2cccc(C(F)(F)F)c2)cc1. The number of hydrogen-bond donors (Lipinski definition) is 2. The molecule has 0 aromatic heterocycles. The van der Waals surface area contributed by atoms with Crippen LogP contribution in [-0.4, -0.2) is 12.6 Å². The largest absolute Gasteiger partial charge is 0.494 e. The average molecular weight is 352 g/mol. The summed E-state index contributed by atoms with van der Waals surface area (Å²) in [6.07, 6.45) is -4.42. The van der Waals surface area contributed by atoms with Gasteiger partial charge in [0, 0.05) is 5.69 Å². The van der Waals surface area contributed by atoms with Crippen LogP contribution in [0.2, 0.25) is 0 Å². The molecule has 0 saturated carbocycles. The highest BCUT2D eigenvalue weighted by Gasteiger charge is 2.30. The van der Waals surface area contributed by atoms with Gasteiger partial charge in [0.2, 0.25) is 0 Å². The van der Waals surface area contributed by atoms with Crippen molar-refractivity contribution >= 4 is 11.7 Å². The Kier molecular flexibility index (Phi) is 5.90. The number of halogens is 3. The zero-order chi connectivity index (χ0) is 18.4. The van der Waals surface area contributed by atoms with Crippen molar-refractivity contribution in [2.24, 2.45) is 0 Å². The molecular formula is C18H19F3N2O2. The first kappa shape index (κ1) is 18.6. The van der Waals surface area contributed by atoms with Crippen LogP contribution >= 0.6 is 0 Å². The van der Waals surface area contributed by atoms with E-state index in [4.69, 9.17) is 4.74 Å². The molecule has 1 atom stereocenters. The van der Waals surface area contributed by atoms with Crippen LogP contribution in [0.15, 0.2) is 48.5 Å². The summed E-state index contributed by atoms with van der Waals surface area (Å²) < 4.78 is 43.6. The summed E-state index contributed by atoms with van der Waals surface area (Å²) in [5, 5.41) is 5.24. The van der Waals surface area contributed by atoms with Crippen molar-refractivity contribution < 1.29 is 22.7 Å². The van der Waals surface area contributed by atoms with Gasteiger partial charge in [-0.1, -0.05) is 12.1 Å². The van der Waals surface area contributed by atoms with Crippen molar-refractivity contribution in [1.29, 1.82) is 0 Å². The molecule has 0 fully saturated rings. The Bertz CT molecular complexity index is 715. The number of hydrogen-bond acceptors (Lipinski definition) is 2. The summed E-state index contributed by atoms with van der Waals surface area (Å²) in [6, 6.07) is 10.6. The highest BCUT2D eigenvalue weighted by Crippen LogP contribution is 2.30. The Labute approximate surface area is 144 Å². The standard InChI is InChI=1S/C18H19F3N2O2/c1-3-25-16-9-7-15(8-10-16)23-17(24)22-12(2)13-5-4-6-14(11-13)18(19,20)21/h4-12H,3H2,1-2H3,(H2,22,23,24). The number of rotatable bonds is 5. The van der Waals surface area contributed by atoms with Crippen molar-refractivity contribution in [2.45, 2.75) is 26.1 Å². The zero-order valence-electron chi connectivity index (χ0n) is 13.9. The monoisotopic (exact) mass is 352 g/mol. The van der Waals surface area contributed by atoms with Crippen LogP contribution < -0.4 is 15.4 Å². The summed E-state index contributed by atoms with van der Waals surface area (Å²) in [7, 11) is 0. The van der Waals surface area contributed by atoms with Gasteiger partial charge in [-0.05, 0) is 55.8 Å². The first-order valence-electron chi connectivity index (χ1n) is 7.77. The summed E-state index contributed by atoms with van der Waals surface area (Å²) in [4.78, 5) is 12.0. The zero-order valence-corrected chi connectivity index (χ0v) is 13.9. The molecule has 0 heterocycles. The number of carbonyl (C=O) groups excluding carboxylic acids is 1. The van der Waals surface area contributed by atoms with Crippen molar-refractivity contribution in [3.63, 3.8) is 0 Å². The molecule has 25 heavy (non-hydrogen) atoms. The van der Waals surface area contributed by atoms with Crippen LogP contribution in [0.4, 0.5) is 23.7 Å². The molecule has 0 aliphatic carbocycles. The smallest absolute Gasteiger partial charge is 0.416 e. The molecule has 1 unspecified atom stereocenters. The minimum absolute atomic E-state index is 0.372. The summed E-state index contributed by atoms with van der Waals surface area (Å²) in [6.45, 7) is 4.03. The minimum Gasteiger partial charge on any atom is -0.494 e. The van der Waals surface area contributed by atoms with Gasteiger partial charge in [0.1, 0.15) is 5.75 Å². The number of anilines is 1. The molecule has 0 saturated heterocycles. The molecule has 2 aromatic carbocycles. The molecule has 7 heteroatoms. The summed E-state index contributed by atoms with van der Waals surface area (Å²) in [5.74, 6) is 0.686. The van der Waals surface area contributed by atoms with Gasteiger partial charge in [0.05, 0.1) is 18.2 Å². The van der Waals surface area contributed by atoms with Gasteiger partial charge in [-0.25, -0.2) is 4.79 Å². The van der Waals surface area contributed by atoms with Crippen LogP contribution in [0.25, 0.3) is 0 Å². The average Bonchev–Trinajstić information content (AvgIpc) is 2.56. The number of ether oxygens (including phenoxy) is 1. The van der Waals surface area contributed by atoms with Gasteiger partial charge in [-0.2, -0.15) is 13.2 Å². The highest BCUT2D eigenvalue weighted by atomic mass is 19.4. The quantitative estimate of drug-likeness (QED) is 0.797. The fourth-order valence-electron chi connectivity index (χ4n) is 2.23. The van der Waals surface area contributed by atoms with E-state index in [0.29, 0.717) is 23.6 Å². The Balaban J connectivity index is 1.98. The molecular weight excluding hydrogens is 333 g/mol. The first-order valence-corrected chi connectivity index (χ1v) is 7.77. The minimum atomic E-state index is -4.42. The van der Waals surface area contributed by atoms with Crippen molar-refractivity contribution in [3.05, 3.63) is 59.7 Å². The molecule has 2 N–H and O–H groups in total. The number of carbonyl (C=O) groups is 1. The lowest BCUT2D eigenvalue weighted by Gasteiger charge is -2.17. The maximum atomic E-state index is 12.8. The lowest BCUT2D eigenvalue weighted by Crippen LogP contribution is -2.31. The van der Waals surface area contributed by atoms with Crippen molar-refractivity contribution in [2.75, 3.05) is 11.9 Å². The molecule has 2 rings (SSSR count). The van der Waals surface area contributed by atoms with E-state index in [0.717, 1.165) is 12.1 Å². The van der Waals surface area contributed by atoms with Crippen LogP contribution in [0, 0.1) is 0 Å². The Morgan fingerprint density at radius 2 is 1.84 bits per heavy atom. The number of urea groups is 1. The van der Waals surface area contributed by atoms with Gasteiger partial charge in [-0.3, -0.25) is 0 Å². The second-order valence-electron chi connectivity index (χ2n) is 5.40. The van der Waals surface area contributed by atoms with E-state index in [1.165, 1.54) is 12.1 Å². The third-order valence-electron chi connectivity index (χ3n) is 3.48. The maximum absolute atomic E-state index is 12.8. The van der Waals surface area contributed by atoms with Gasteiger partial charge >= 0.3 is 12.2 Å². The lowest BCUT2D eigenvalue weighted by atomic mass is 10.1. The molecule has 2 amide bonds. The predicted molar refractivity (Wildman–Crippen MR) is 89.6 cm³/mol. The molecule has 4 nitrogen and oxygen atoms in total. The van der Waals surface area contributed by atoms with Gasteiger partial charge in [-0.15, -0.1) is 0 Å². The Hall–Kier alpha value is -2.70. The number of amides is 2. The van der Waals surface area contributed by atoms with Crippen LogP contribution in [0.3, 0.4) is 0 Å². The topological polar surface area (TPSA) is 50.4 Å². The molecule has 134 valence electrons. The molecule has 0 bridgehead atoms. The van der Waals surface area contributed by atoms with E-state index in [1.807, 2.05) is 6.92 Å². The predicted octanol–water partition coefficient (Wildman–Crippen LogP) is 4.99.